The number of aryl methyl sites for hydroxylation is 1. The number of halogens is 1. The number of hydrogen-bond acceptors (Lipinski definition) is 4. The molecule has 1 aromatic heterocycles. The average Bonchev–Trinajstić information content (AvgIpc) is 2.48. The Balaban J connectivity index is 2.03. The summed E-state index contributed by atoms with van der Waals surface area (Å²) in [4.78, 5) is 20.5. The van der Waals surface area contributed by atoms with E-state index in [1.807, 2.05) is 25.1 Å². The Labute approximate surface area is 138 Å². The Bertz CT molecular complexity index is 656. The quantitative estimate of drug-likeness (QED) is 0.846. The van der Waals surface area contributed by atoms with Gasteiger partial charge in [-0.05, 0) is 36.6 Å². The molecule has 0 aliphatic rings. The van der Waals surface area contributed by atoms with Crippen molar-refractivity contribution < 1.29 is 4.79 Å². The second-order valence-electron chi connectivity index (χ2n) is 5.48. The highest BCUT2D eigenvalue weighted by Gasteiger charge is 2.09. The van der Waals surface area contributed by atoms with E-state index in [2.05, 4.69) is 50.4 Å². The van der Waals surface area contributed by atoms with Gasteiger partial charge in [-0.25, -0.2) is 9.97 Å². The van der Waals surface area contributed by atoms with Crippen LogP contribution in [0.15, 0.2) is 35.1 Å². The van der Waals surface area contributed by atoms with Crippen molar-refractivity contribution in [1.82, 2.24) is 9.97 Å². The van der Waals surface area contributed by atoms with Crippen LogP contribution < -0.4 is 10.6 Å². The standard InChI is InChI=1S/C16H19BrN4O/c1-10(2)7-18-16-19-8-12(9-20-16)15(22)21-14-5-4-13(17)6-11(14)3/h4-6,8-10H,7H2,1-3H3,(H,21,22)(H,18,19,20). The minimum absolute atomic E-state index is 0.221. The van der Waals surface area contributed by atoms with Crippen molar-refractivity contribution in [2.45, 2.75) is 20.8 Å². The van der Waals surface area contributed by atoms with Crippen LogP contribution in [-0.4, -0.2) is 22.4 Å². The molecule has 0 fully saturated rings. The van der Waals surface area contributed by atoms with Gasteiger partial charge < -0.3 is 10.6 Å². The van der Waals surface area contributed by atoms with Crippen LogP contribution in [0.1, 0.15) is 29.8 Å². The third-order valence-electron chi connectivity index (χ3n) is 3.02. The van der Waals surface area contributed by atoms with E-state index >= 15 is 0 Å². The number of carbonyl (C=O) groups is 1. The maximum atomic E-state index is 12.2. The van der Waals surface area contributed by atoms with E-state index in [1.54, 1.807) is 0 Å². The Morgan fingerprint density at radius 2 is 1.95 bits per heavy atom. The van der Waals surface area contributed by atoms with E-state index in [0.717, 1.165) is 22.3 Å². The summed E-state index contributed by atoms with van der Waals surface area (Å²) in [5.41, 5.74) is 2.19. The zero-order chi connectivity index (χ0) is 16.1. The third-order valence-corrected chi connectivity index (χ3v) is 3.51. The van der Waals surface area contributed by atoms with Gasteiger partial charge in [0.2, 0.25) is 5.95 Å². The zero-order valence-electron chi connectivity index (χ0n) is 12.9. The normalized spacial score (nSPS) is 10.6. The highest BCUT2D eigenvalue weighted by molar-refractivity contribution is 9.10. The summed E-state index contributed by atoms with van der Waals surface area (Å²) in [5, 5.41) is 5.98. The number of nitrogens with one attached hydrogen (secondary N) is 2. The predicted molar refractivity (Wildman–Crippen MR) is 92.2 cm³/mol. The zero-order valence-corrected chi connectivity index (χ0v) is 14.4. The van der Waals surface area contributed by atoms with Gasteiger partial charge in [-0.15, -0.1) is 0 Å². The molecule has 22 heavy (non-hydrogen) atoms. The molecule has 0 saturated heterocycles. The molecule has 1 aromatic carbocycles. The van der Waals surface area contributed by atoms with Crippen LogP contribution in [0, 0.1) is 12.8 Å². The fourth-order valence-electron chi connectivity index (χ4n) is 1.79. The Morgan fingerprint density at radius 3 is 2.55 bits per heavy atom. The molecule has 5 nitrogen and oxygen atoms in total. The highest BCUT2D eigenvalue weighted by Crippen LogP contribution is 2.20. The van der Waals surface area contributed by atoms with E-state index in [9.17, 15) is 4.79 Å². The predicted octanol–water partition coefficient (Wildman–Crippen LogP) is 3.87. The van der Waals surface area contributed by atoms with E-state index < -0.39 is 0 Å². The lowest BCUT2D eigenvalue weighted by Gasteiger charge is -2.09. The molecule has 2 rings (SSSR count). The van der Waals surface area contributed by atoms with Gasteiger partial charge in [0.15, 0.2) is 0 Å². The number of amides is 1. The van der Waals surface area contributed by atoms with Crippen molar-refractivity contribution in [2.24, 2.45) is 5.92 Å². The van der Waals surface area contributed by atoms with Gasteiger partial charge >= 0.3 is 0 Å². The maximum Gasteiger partial charge on any atom is 0.258 e. The first-order chi connectivity index (χ1) is 10.5. The molecule has 0 bridgehead atoms. The summed E-state index contributed by atoms with van der Waals surface area (Å²) >= 11 is 3.40. The van der Waals surface area contributed by atoms with Gasteiger partial charge in [-0.2, -0.15) is 0 Å². The second-order valence-corrected chi connectivity index (χ2v) is 6.40. The summed E-state index contributed by atoms with van der Waals surface area (Å²) < 4.78 is 0.979. The van der Waals surface area contributed by atoms with Gasteiger partial charge in [-0.1, -0.05) is 29.8 Å². The number of nitrogens with zero attached hydrogens (tertiary/aromatic N) is 2. The first-order valence-corrected chi connectivity index (χ1v) is 7.88. The van der Waals surface area contributed by atoms with Crippen LogP contribution in [0.4, 0.5) is 11.6 Å². The van der Waals surface area contributed by atoms with Crippen LogP contribution >= 0.6 is 15.9 Å². The largest absolute Gasteiger partial charge is 0.354 e. The fraction of sp³-hybridized carbons (Fsp3) is 0.312. The second kappa shape index (κ2) is 7.35. The summed E-state index contributed by atoms with van der Waals surface area (Å²) in [6, 6.07) is 5.69. The van der Waals surface area contributed by atoms with Crippen molar-refractivity contribution in [2.75, 3.05) is 17.2 Å². The Kier molecular flexibility index (Phi) is 5.49. The summed E-state index contributed by atoms with van der Waals surface area (Å²) in [5.74, 6) is 0.817. The summed E-state index contributed by atoms with van der Waals surface area (Å²) in [7, 11) is 0. The first-order valence-electron chi connectivity index (χ1n) is 7.09. The van der Waals surface area contributed by atoms with Crippen molar-refractivity contribution in [3.8, 4) is 0 Å². The van der Waals surface area contributed by atoms with E-state index in [4.69, 9.17) is 0 Å². The molecule has 2 N–H and O–H groups in total. The lowest BCUT2D eigenvalue weighted by molar-refractivity contribution is 0.102. The molecule has 0 aliphatic carbocycles. The molecule has 0 unspecified atom stereocenters. The number of carbonyl (C=O) groups excluding carboxylic acids is 1. The Hall–Kier alpha value is -1.95. The molecule has 0 aliphatic heterocycles. The van der Waals surface area contributed by atoms with E-state index in [-0.39, 0.29) is 5.91 Å². The van der Waals surface area contributed by atoms with Crippen molar-refractivity contribution in [3.63, 3.8) is 0 Å². The minimum Gasteiger partial charge on any atom is -0.354 e. The molecule has 116 valence electrons. The molecule has 0 saturated carbocycles. The van der Waals surface area contributed by atoms with Crippen LogP contribution in [0.25, 0.3) is 0 Å². The van der Waals surface area contributed by atoms with E-state index in [1.165, 1.54) is 12.4 Å². The lowest BCUT2D eigenvalue weighted by atomic mass is 10.2. The van der Waals surface area contributed by atoms with Gasteiger partial charge in [-0.3, -0.25) is 4.79 Å². The minimum atomic E-state index is -0.221. The topological polar surface area (TPSA) is 66.9 Å². The smallest absolute Gasteiger partial charge is 0.258 e. The molecule has 0 radical (unpaired) electrons. The lowest BCUT2D eigenvalue weighted by Crippen LogP contribution is -2.15. The summed E-state index contributed by atoms with van der Waals surface area (Å²) in [6.07, 6.45) is 3.05. The van der Waals surface area contributed by atoms with Crippen LogP contribution in [0.3, 0.4) is 0 Å². The number of hydrogen-bond donors (Lipinski definition) is 2. The molecule has 0 spiro atoms. The highest BCUT2D eigenvalue weighted by atomic mass is 79.9. The number of benzene rings is 1. The van der Waals surface area contributed by atoms with Crippen LogP contribution in [0.5, 0.6) is 0 Å². The first kappa shape index (κ1) is 16.4. The molecule has 0 atom stereocenters. The SMILES string of the molecule is Cc1cc(Br)ccc1NC(=O)c1cnc(NCC(C)C)nc1. The summed E-state index contributed by atoms with van der Waals surface area (Å²) in [6.45, 7) is 6.95. The van der Waals surface area contributed by atoms with Gasteiger partial charge in [0.05, 0.1) is 5.56 Å². The number of rotatable bonds is 5. The fourth-order valence-corrected chi connectivity index (χ4v) is 2.27. The van der Waals surface area contributed by atoms with E-state index in [0.29, 0.717) is 17.4 Å². The number of anilines is 2. The molecule has 2 aromatic rings. The van der Waals surface area contributed by atoms with Gasteiger partial charge in [0, 0.05) is 29.1 Å². The maximum absolute atomic E-state index is 12.2. The van der Waals surface area contributed by atoms with Gasteiger partial charge in [0.25, 0.3) is 5.91 Å². The monoisotopic (exact) mass is 362 g/mol. The molecule has 1 amide bonds. The third kappa shape index (κ3) is 4.53. The molecule has 1 heterocycles. The average molecular weight is 363 g/mol. The molecular weight excluding hydrogens is 344 g/mol. The molecule has 6 heteroatoms. The molecular formula is C16H19BrN4O. The van der Waals surface area contributed by atoms with Crippen molar-refractivity contribution in [3.05, 3.63) is 46.2 Å². The van der Waals surface area contributed by atoms with Gasteiger partial charge in [0.1, 0.15) is 0 Å². The van der Waals surface area contributed by atoms with Crippen LogP contribution in [0.2, 0.25) is 0 Å². The van der Waals surface area contributed by atoms with Crippen LogP contribution in [-0.2, 0) is 0 Å². The van der Waals surface area contributed by atoms with Crippen molar-refractivity contribution in [1.29, 1.82) is 0 Å². The Morgan fingerprint density at radius 1 is 1.27 bits per heavy atom. The van der Waals surface area contributed by atoms with Crippen molar-refractivity contribution >= 4 is 33.5 Å². The number of aromatic nitrogens is 2.